The number of hydrogen-bond donors (Lipinski definition) is 2. The number of hydrogen-bond acceptors (Lipinski definition) is 2. The number of amides is 1. The Bertz CT molecular complexity index is 150. The molecule has 0 aliphatic carbocycles. The number of carbonyl (C=O) groups is 1. The quantitative estimate of drug-likeness (QED) is 0.525. The SMILES string of the molecule is [NH]C(=O)CCP(=O)(O)O. The lowest BCUT2D eigenvalue weighted by Crippen LogP contribution is -2.00. The van der Waals surface area contributed by atoms with Gasteiger partial charge in [-0.2, -0.15) is 0 Å². The van der Waals surface area contributed by atoms with Crippen LogP contribution in [-0.4, -0.2) is 21.9 Å². The van der Waals surface area contributed by atoms with E-state index in [1.165, 1.54) is 0 Å². The molecule has 53 valence electrons. The van der Waals surface area contributed by atoms with E-state index in [0.717, 1.165) is 0 Å². The molecule has 1 amide bonds. The van der Waals surface area contributed by atoms with Crippen LogP contribution in [0.1, 0.15) is 6.42 Å². The van der Waals surface area contributed by atoms with Gasteiger partial charge in [0.25, 0.3) is 0 Å². The van der Waals surface area contributed by atoms with Gasteiger partial charge < -0.3 is 9.79 Å². The van der Waals surface area contributed by atoms with Gasteiger partial charge in [-0.15, -0.1) is 0 Å². The van der Waals surface area contributed by atoms with Gasteiger partial charge in [-0.3, -0.25) is 15.1 Å². The van der Waals surface area contributed by atoms with Crippen molar-refractivity contribution < 1.29 is 19.1 Å². The Balaban J connectivity index is 3.53. The molecule has 0 saturated heterocycles. The van der Waals surface area contributed by atoms with Gasteiger partial charge in [-0.25, -0.2) is 0 Å². The highest BCUT2D eigenvalue weighted by atomic mass is 31.2. The first kappa shape index (κ1) is 8.62. The Morgan fingerprint density at radius 1 is 1.56 bits per heavy atom. The molecule has 0 aliphatic rings. The summed E-state index contributed by atoms with van der Waals surface area (Å²) in [6.45, 7) is 0. The first-order chi connectivity index (χ1) is 3.92. The van der Waals surface area contributed by atoms with Gasteiger partial charge in [-0.05, 0) is 0 Å². The fourth-order valence-electron chi connectivity index (χ4n) is 0.247. The van der Waals surface area contributed by atoms with Crippen molar-refractivity contribution in [3.8, 4) is 0 Å². The molecule has 0 atom stereocenters. The normalized spacial score (nSPS) is 11.3. The first-order valence-electron chi connectivity index (χ1n) is 2.21. The molecular weight excluding hydrogens is 145 g/mol. The number of carbonyl (C=O) groups excluding carboxylic acids is 1. The Hall–Kier alpha value is -0.380. The van der Waals surface area contributed by atoms with Gasteiger partial charge in [0.1, 0.15) is 0 Å². The van der Waals surface area contributed by atoms with Crippen LogP contribution >= 0.6 is 7.60 Å². The van der Waals surface area contributed by atoms with E-state index in [2.05, 4.69) is 0 Å². The molecule has 1 radical (unpaired) electrons. The summed E-state index contributed by atoms with van der Waals surface area (Å²) in [7, 11) is -4.06. The van der Waals surface area contributed by atoms with Crippen molar-refractivity contribution in [3.05, 3.63) is 0 Å². The number of nitrogens with one attached hydrogen (secondary N) is 1. The largest absolute Gasteiger partial charge is 0.326 e. The van der Waals surface area contributed by atoms with Crippen molar-refractivity contribution in [2.75, 3.05) is 6.16 Å². The van der Waals surface area contributed by atoms with E-state index in [1.807, 2.05) is 0 Å². The van der Waals surface area contributed by atoms with Crippen LogP contribution in [0.15, 0.2) is 0 Å². The summed E-state index contributed by atoms with van der Waals surface area (Å²) >= 11 is 0. The van der Waals surface area contributed by atoms with Gasteiger partial charge in [0.15, 0.2) is 0 Å². The Morgan fingerprint density at radius 2 is 2.00 bits per heavy atom. The molecule has 0 bridgehead atoms. The maximum absolute atomic E-state index is 9.99. The molecule has 0 aliphatic heterocycles. The molecule has 0 fully saturated rings. The van der Waals surface area contributed by atoms with E-state index in [0.29, 0.717) is 0 Å². The highest BCUT2D eigenvalue weighted by molar-refractivity contribution is 7.51. The maximum Gasteiger partial charge on any atom is 0.326 e. The second kappa shape index (κ2) is 2.96. The van der Waals surface area contributed by atoms with Crippen molar-refractivity contribution in [2.24, 2.45) is 0 Å². The standard InChI is InChI=1S/C3H7NO4P/c4-3(5)1-2-9(6,7)8/h4H,1-2H2,(H2,6,7,8). The minimum absolute atomic E-state index is 0.371. The topological polar surface area (TPSA) is 98.4 Å². The van der Waals surface area contributed by atoms with Crippen LogP contribution in [0.2, 0.25) is 0 Å². The average molecular weight is 152 g/mol. The molecule has 0 rings (SSSR count). The van der Waals surface area contributed by atoms with E-state index in [1.54, 1.807) is 0 Å². The fourth-order valence-corrected chi connectivity index (χ4v) is 0.742. The maximum atomic E-state index is 9.99. The van der Waals surface area contributed by atoms with Crippen LogP contribution < -0.4 is 5.73 Å². The van der Waals surface area contributed by atoms with E-state index in [9.17, 15) is 9.36 Å². The summed E-state index contributed by atoms with van der Waals surface area (Å²) < 4.78 is 9.99. The lowest BCUT2D eigenvalue weighted by molar-refractivity contribution is -0.118. The van der Waals surface area contributed by atoms with Crippen molar-refractivity contribution in [2.45, 2.75) is 6.42 Å². The molecule has 0 heterocycles. The third kappa shape index (κ3) is 7.62. The van der Waals surface area contributed by atoms with Crippen molar-refractivity contribution in [1.29, 1.82) is 0 Å². The summed E-state index contributed by atoms with van der Waals surface area (Å²) in [6.07, 6.45) is -0.889. The molecule has 6 heteroatoms. The summed E-state index contributed by atoms with van der Waals surface area (Å²) in [6, 6.07) is 0. The van der Waals surface area contributed by atoms with Crippen LogP contribution in [0.4, 0.5) is 0 Å². The highest BCUT2D eigenvalue weighted by Gasteiger charge is 2.13. The minimum Gasteiger partial charge on any atom is -0.324 e. The fraction of sp³-hybridized carbons (Fsp3) is 0.667. The summed E-state index contributed by atoms with van der Waals surface area (Å²) in [5.41, 5.74) is 6.28. The summed E-state index contributed by atoms with van der Waals surface area (Å²) in [5.74, 6) is -0.946. The molecule has 0 unspecified atom stereocenters. The van der Waals surface area contributed by atoms with Gasteiger partial charge in [0.05, 0.1) is 6.16 Å². The van der Waals surface area contributed by atoms with Gasteiger partial charge in [-0.1, -0.05) is 0 Å². The van der Waals surface area contributed by atoms with Crippen molar-refractivity contribution in [1.82, 2.24) is 5.73 Å². The summed E-state index contributed by atoms with van der Waals surface area (Å²) in [5, 5.41) is 0. The zero-order valence-electron chi connectivity index (χ0n) is 4.57. The van der Waals surface area contributed by atoms with Gasteiger partial charge >= 0.3 is 7.60 Å². The molecule has 9 heavy (non-hydrogen) atoms. The first-order valence-corrected chi connectivity index (χ1v) is 4.00. The smallest absolute Gasteiger partial charge is 0.324 e. The number of rotatable bonds is 3. The Morgan fingerprint density at radius 3 is 2.11 bits per heavy atom. The van der Waals surface area contributed by atoms with Crippen LogP contribution in [0.5, 0.6) is 0 Å². The molecule has 0 aromatic heterocycles. The molecule has 3 N–H and O–H groups in total. The third-order valence-corrected chi connectivity index (χ3v) is 1.44. The lowest BCUT2D eigenvalue weighted by atomic mass is 10.5. The van der Waals surface area contributed by atoms with Crippen molar-refractivity contribution >= 4 is 13.5 Å². The molecule has 0 spiro atoms. The Labute approximate surface area is 52.0 Å². The zero-order chi connectivity index (χ0) is 7.49. The van der Waals surface area contributed by atoms with Crippen molar-refractivity contribution in [3.63, 3.8) is 0 Å². The van der Waals surface area contributed by atoms with E-state index < -0.39 is 19.7 Å². The van der Waals surface area contributed by atoms with E-state index >= 15 is 0 Å². The second-order valence-corrected chi connectivity index (χ2v) is 3.34. The minimum atomic E-state index is -4.06. The molecule has 0 aromatic rings. The van der Waals surface area contributed by atoms with Crippen LogP contribution in [0.25, 0.3) is 0 Å². The molecule has 5 nitrogen and oxygen atoms in total. The zero-order valence-corrected chi connectivity index (χ0v) is 5.47. The van der Waals surface area contributed by atoms with Crippen LogP contribution in [0.3, 0.4) is 0 Å². The third-order valence-electron chi connectivity index (χ3n) is 0.630. The lowest BCUT2D eigenvalue weighted by Gasteiger charge is -1.98. The van der Waals surface area contributed by atoms with Crippen LogP contribution in [0, 0.1) is 0 Å². The highest BCUT2D eigenvalue weighted by Crippen LogP contribution is 2.34. The predicted molar refractivity (Wildman–Crippen MR) is 29.6 cm³/mol. The second-order valence-electron chi connectivity index (χ2n) is 1.56. The van der Waals surface area contributed by atoms with Crippen LogP contribution in [-0.2, 0) is 9.36 Å². The van der Waals surface area contributed by atoms with E-state index in [-0.39, 0.29) is 6.42 Å². The van der Waals surface area contributed by atoms with Gasteiger partial charge in [0, 0.05) is 6.42 Å². The van der Waals surface area contributed by atoms with Gasteiger partial charge in [0.2, 0.25) is 5.91 Å². The molecule has 0 aromatic carbocycles. The molecule has 0 saturated carbocycles. The molecular formula is C3H7NO4P. The average Bonchev–Trinajstić information content (AvgIpc) is 1.59. The van der Waals surface area contributed by atoms with E-state index in [4.69, 9.17) is 15.5 Å². The summed E-state index contributed by atoms with van der Waals surface area (Å²) in [4.78, 5) is 26.1. The Kier molecular flexibility index (Phi) is 2.84. The predicted octanol–water partition coefficient (Wildman–Crippen LogP) is -0.636. The monoisotopic (exact) mass is 152 g/mol.